The summed E-state index contributed by atoms with van der Waals surface area (Å²) in [6.45, 7) is 6.10. The number of aromatic nitrogens is 2. The topological polar surface area (TPSA) is 41.5 Å². The summed E-state index contributed by atoms with van der Waals surface area (Å²) in [6, 6.07) is 8.22. The first-order valence-corrected chi connectivity index (χ1v) is 9.37. The molecule has 25 heavy (non-hydrogen) atoms. The van der Waals surface area contributed by atoms with E-state index in [9.17, 15) is 0 Å². The first-order chi connectivity index (χ1) is 12.2. The Morgan fingerprint density at radius 2 is 1.76 bits per heavy atom. The first kappa shape index (κ1) is 16.3. The van der Waals surface area contributed by atoms with Crippen LogP contribution in [0.1, 0.15) is 5.82 Å². The number of piperazine rings is 1. The molecule has 0 saturated carbocycles. The number of benzene rings is 1. The summed E-state index contributed by atoms with van der Waals surface area (Å²) in [4.78, 5) is 15.3. The van der Waals surface area contributed by atoms with Crippen molar-refractivity contribution in [3.63, 3.8) is 0 Å². The van der Waals surface area contributed by atoms with E-state index in [4.69, 9.17) is 9.72 Å². The summed E-state index contributed by atoms with van der Waals surface area (Å²) in [5.41, 5.74) is 2.38. The zero-order valence-electron chi connectivity index (χ0n) is 14.8. The zero-order valence-corrected chi connectivity index (χ0v) is 15.6. The van der Waals surface area contributed by atoms with Gasteiger partial charge in [0.1, 0.15) is 22.2 Å². The fourth-order valence-corrected chi connectivity index (χ4v) is 4.24. The number of rotatable bonds is 3. The number of aryl methyl sites for hydroxylation is 1. The molecule has 1 saturated heterocycles. The largest absolute Gasteiger partial charge is 0.497 e. The average Bonchev–Trinajstić information content (AvgIpc) is 3.05. The van der Waals surface area contributed by atoms with Crippen LogP contribution in [-0.2, 0) is 0 Å². The number of ether oxygens (including phenoxy) is 1. The maximum absolute atomic E-state index is 5.28. The monoisotopic (exact) mass is 354 g/mol. The van der Waals surface area contributed by atoms with Crippen molar-refractivity contribution in [3.05, 3.63) is 35.5 Å². The van der Waals surface area contributed by atoms with E-state index in [0.717, 1.165) is 48.4 Å². The van der Waals surface area contributed by atoms with Gasteiger partial charge >= 0.3 is 0 Å². The Bertz CT molecular complexity index is 882. The summed E-state index contributed by atoms with van der Waals surface area (Å²) in [5, 5.41) is 3.37. The maximum atomic E-state index is 5.28. The van der Waals surface area contributed by atoms with Crippen LogP contribution in [0.5, 0.6) is 5.75 Å². The highest BCUT2D eigenvalue weighted by molar-refractivity contribution is 7.17. The Morgan fingerprint density at radius 3 is 2.44 bits per heavy atom. The minimum atomic E-state index is 0.838. The molecular formula is C19H22N4OS. The molecule has 6 heteroatoms. The second kappa shape index (κ2) is 6.61. The molecule has 1 aliphatic heterocycles. The molecular weight excluding hydrogens is 332 g/mol. The Kier molecular flexibility index (Phi) is 4.31. The second-order valence-electron chi connectivity index (χ2n) is 6.44. The van der Waals surface area contributed by atoms with E-state index in [1.807, 2.05) is 19.1 Å². The third kappa shape index (κ3) is 3.07. The van der Waals surface area contributed by atoms with Gasteiger partial charge in [-0.2, -0.15) is 0 Å². The molecule has 2 aromatic heterocycles. The van der Waals surface area contributed by atoms with Crippen molar-refractivity contribution in [3.8, 4) is 16.9 Å². The van der Waals surface area contributed by atoms with Crippen molar-refractivity contribution in [1.29, 1.82) is 0 Å². The second-order valence-corrected chi connectivity index (χ2v) is 7.30. The number of hydrogen-bond donors (Lipinski definition) is 0. The molecule has 0 aliphatic carbocycles. The van der Waals surface area contributed by atoms with Gasteiger partial charge in [-0.25, -0.2) is 9.97 Å². The molecule has 1 aliphatic rings. The molecule has 0 unspecified atom stereocenters. The summed E-state index contributed by atoms with van der Waals surface area (Å²) < 4.78 is 5.28. The standard InChI is InChI=1S/C19H22N4OS/c1-13-20-18(23-10-8-22(2)9-11-23)17-16(12-25-19(17)21-13)14-4-6-15(24-3)7-5-14/h4-7,12H,8-11H2,1-3H3. The van der Waals surface area contributed by atoms with Crippen LogP contribution in [-0.4, -0.2) is 55.2 Å². The van der Waals surface area contributed by atoms with Crippen LogP contribution in [0.3, 0.4) is 0 Å². The number of methoxy groups -OCH3 is 1. The molecule has 0 radical (unpaired) electrons. The molecule has 4 rings (SSSR count). The van der Waals surface area contributed by atoms with Crippen molar-refractivity contribution in [2.45, 2.75) is 6.92 Å². The van der Waals surface area contributed by atoms with Crippen LogP contribution in [0.25, 0.3) is 21.3 Å². The quantitative estimate of drug-likeness (QED) is 0.721. The highest BCUT2D eigenvalue weighted by Gasteiger charge is 2.21. The van der Waals surface area contributed by atoms with Crippen molar-refractivity contribution >= 4 is 27.4 Å². The van der Waals surface area contributed by atoms with Gasteiger partial charge in [0.2, 0.25) is 0 Å². The number of fused-ring (bicyclic) bond motifs is 1. The van der Waals surface area contributed by atoms with Crippen LogP contribution in [0.15, 0.2) is 29.6 Å². The highest BCUT2D eigenvalue weighted by Crippen LogP contribution is 2.39. The van der Waals surface area contributed by atoms with Gasteiger partial charge in [0.05, 0.1) is 12.5 Å². The Labute approximate surface area is 151 Å². The van der Waals surface area contributed by atoms with E-state index in [1.54, 1.807) is 18.4 Å². The lowest BCUT2D eigenvalue weighted by molar-refractivity contribution is 0.312. The smallest absolute Gasteiger partial charge is 0.141 e. The van der Waals surface area contributed by atoms with Gasteiger partial charge in [-0.15, -0.1) is 11.3 Å². The summed E-state index contributed by atoms with van der Waals surface area (Å²) in [6.07, 6.45) is 0. The molecule has 3 aromatic rings. The summed E-state index contributed by atoms with van der Waals surface area (Å²) in [7, 11) is 3.86. The lowest BCUT2D eigenvalue weighted by Gasteiger charge is -2.33. The van der Waals surface area contributed by atoms with E-state index in [1.165, 1.54) is 16.5 Å². The molecule has 130 valence electrons. The van der Waals surface area contributed by atoms with Crippen molar-refractivity contribution < 1.29 is 4.74 Å². The van der Waals surface area contributed by atoms with Gasteiger partial charge in [0, 0.05) is 37.1 Å². The van der Waals surface area contributed by atoms with Crippen LogP contribution >= 0.6 is 11.3 Å². The Hall–Kier alpha value is -2.18. The summed E-state index contributed by atoms with van der Waals surface area (Å²) >= 11 is 1.69. The first-order valence-electron chi connectivity index (χ1n) is 8.49. The maximum Gasteiger partial charge on any atom is 0.141 e. The number of hydrogen-bond acceptors (Lipinski definition) is 6. The highest BCUT2D eigenvalue weighted by atomic mass is 32.1. The Morgan fingerprint density at radius 1 is 1.04 bits per heavy atom. The van der Waals surface area contributed by atoms with Gasteiger partial charge in [-0.3, -0.25) is 0 Å². The summed E-state index contributed by atoms with van der Waals surface area (Å²) in [5.74, 6) is 2.78. The third-order valence-electron chi connectivity index (χ3n) is 4.73. The fraction of sp³-hybridized carbons (Fsp3) is 0.368. The number of nitrogens with zero attached hydrogens (tertiary/aromatic N) is 4. The molecule has 0 atom stereocenters. The van der Waals surface area contributed by atoms with Crippen LogP contribution < -0.4 is 9.64 Å². The minimum Gasteiger partial charge on any atom is -0.497 e. The van der Waals surface area contributed by atoms with Crippen molar-refractivity contribution in [2.75, 3.05) is 45.2 Å². The van der Waals surface area contributed by atoms with Gasteiger partial charge in [0.25, 0.3) is 0 Å². The lowest BCUT2D eigenvalue weighted by Crippen LogP contribution is -2.45. The van der Waals surface area contributed by atoms with Crippen molar-refractivity contribution in [2.24, 2.45) is 0 Å². The molecule has 1 fully saturated rings. The van der Waals surface area contributed by atoms with Gasteiger partial charge in [-0.1, -0.05) is 12.1 Å². The normalized spacial score (nSPS) is 15.7. The van der Waals surface area contributed by atoms with Crippen LogP contribution in [0.2, 0.25) is 0 Å². The van der Waals surface area contributed by atoms with E-state index >= 15 is 0 Å². The number of thiophene rings is 1. The fourth-order valence-electron chi connectivity index (χ4n) is 3.26. The molecule has 1 aromatic carbocycles. The van der Waals surface area contributed by atoms with E-state index < -0.39 is 0 Å². The molecule has 5 nitrogen and oxygen atoms in total. The molecule has 0 N–H and O–H groups in total. The zero-order chi connectivity index (χ0) is 17.4. The third-order valence-corrected chi connectivity index (χ3v) is 5.60. The lowest BCUT2D eigenvalue weighted by atomic mass is 10.1. The van der Waals surface area contributed by atoms with E-state index in [-0.39, 0.29) is 0 Å². The van der Waals surface area contributed by atoms with Gasteiger partial charge < -0.3 is 14.5 Å². The SMILES string of the molecule is COc1ccc(-c2csc3nc(C)nc(N4CCN(C)CC4)c23)cc1. The van der Waals surface area contributed by atoms with Crippen molar-refractivity contribution in [1.82, 2.24) is 14.9 Å². The van der Waals surface area contributed by atoms with E-state index in [2.05, 4.69) is 39.3 Å². The predicted octanol–water partition coefficient (Wildman–Crippen LogP) is 3.43. The Balaban J connectivity index is 1.83. The number of anilines is 1. The number of likely N-dealkylation sites (N-methyl/N-ethyl adjacent to an activating group) is 1. The minimum absolute atomic E-state index is 0.838. The molecule has 0 amide bonds. The van der Waals surface area contributed by atoms with Gasteiger partial charge in [-0.05, 0) is 31.7 Å². The van der Waals surface area contributed by atoms with Crippen LogP contribution in [0.4, 0.5) is 5.82 Å². The van der Waals surface area contributed by atoms with Crippen LogP contribution in [0, 0.1) is 6.92 Å². The van der Waals surface area contributed by atoms with Gasteiger partial charge in [0.15, 0.2) is 0 Å². The molecule has 3 heterocycles. The average molecular weight is 354 g/mol. The molecule has 0 spiro atoms. The predicted molar refractivity (Wildman–Crippen MR) is 104 cm³/mol. The van der Waals surface area contributed by atoms with E-state index in [0.29, 0.717) is 0 Å². The molecule has 0 bridgehead atoms.